The Hall–Kier alpha value is -2.68. The predicted molar refractivity (Wildman–Crippen MR) is 88.0 cm³/mol. The molecule has 3 rings (SSSR count). The van der Waals surface area contributed by atoms with Crippen LogP contribution in [0, 0.1) is 6.92 Å². The van der Waals surface area contributed by atoms with Gasteiger partial charge in [-0.05, 0) is 19.1 Å². The average molecular weight is 345 g/mol. The molecule has 0 unspecified atom stereocenters. The molecule has 0 bridgehead atoms. The molecule has 0 saturated carbocycles. The number of thioether (sulfide) groups is 1. The molecule has 1 saturated heterocycles. The molecular formula is C15H15N5O3S. The van der Waals surface area contributed by atoms with Crippen molar-refractivity contribution in [3.05, 3.63) is 41.9 Å². The van der Waals surface area contributed by atoms with Gasteiger partial charge in [-0.25, -0.2) is 9.67 Å². The van der Waals surface area contributed by atoms with E-state index in [1.807, 2.05) is 6.07 Å². The fraction of sp³-hybridized carbons (Fsp3) is 0.267. The highest BCUT2D eigenvalue weighted by Crippen LogP contribution is 2.17. The first kappa shape index (κ1) is 16.2. The molecule has 0 spiro atoms. The average Bonchev–Trinajstić information content (AvgIpc) is 3.12. The molecule has 9 heteroatoms. The number of nitrogens with one attached hydrogen (secondary N) is 1. The van der Waals surface area contributed by atoms with E-state index in [-0.39, 0.29) is 35.9 Å². The second-order valence-electron chi connectivity index (χ2n) is 5.10. The third-order valence-corrected chi connectivity index (χ3v) is 4.44. The molecule has 3 heterocycles. The molecule has 24 heavy (non-hydrogen) atoms. The minimum absolute atomic E-state index is 0.169. The van der Waals surface area contributed by atoms with E-state index in [0.717, 1.165) is 16.7 Å². The summed E-state index contributed by atoms with van der Waals surface area (Å²) < 4.78 is 1.58. The first-order valence-electron chi connectivity index (χ1n) is 7.29. The van der Waals surface area contributed by atoms with Crippen LogP contribution in [0.5, 0.6) is 0 Å². The summed E-state index contributed by atoms with van der Waals surface area (Å²) >= 11 is 0.977. The van der Waals surface area contributed by atoms with Crippen LogP contribution >= 0.6 is 11.8 Å². The van der Waals surface area contributed by atoms with Crippen molar-refractivity contribution in [1.82, 2.24) is 25.0 Å². The van der Waals surface area contributed by atoms with Gasteiger partial charge in [0.25, 0.3) is 11.1 Å². The molecule has 1 aliphatic rings. The van der Waals surface area contributed by atoms with Crippen molar-refractivity contribution >= 4 is 28.8 Å². The normalized spacial score (nSPS) is 14.3. The van der Waals surface area contributed by atoms with E-state index in [9.17, 15) is 14.4 Å². The Kier molecular flexibility index (Phi) is 4.61. The zero-order valence-electron chi connectivity index (χ0n) is 12.9. The molecular weight excluding hydrogens is 330 g/mol. The summed E-state index contributed by atoms with van der Waals surface area (Å²) in [6, 6.07) is 5.43. The summed E-state index contributed by atoms with van der Waals surface area (Å²) in [7, 11) is 0. The third-order valence-electron chi connectivity index (χ3n) is 3.58. The van der Waals surface area contributed by atoms with Crippen molar-refractivity contribution < 1.29 is 14.4 Å². The molecule has 0 aromatic carbocycles. The Morgan fingerprint density at radius 1 is 1.38 bits per heavy atom. The lowest BCUT2D eigenvalue weighted by Gasteiger charge is -2.13. The van der Waals surface area contributed by atoms with Crippen LogP contribution in [-0.4, -0.2) is 55.6 Å². The SMILES string of the molecule is Cc1c(C(=O)NCCN2C(=O)CSC2=O)cnn1-c1ccccn1. The minimum Gasteiger partial charge on any atom is -0.350 e. The second kappa shape index (κ2) is 6.83. The number of imide groups is 1. The summed E-state index contributed by atoms with van der Waals surface area (Å²) in [4.78, 5) is 40.6. The number of rotatable bonds is 5. The molecule has 1 aliphatic heterocycles. The summed E-state index contributed by atoms with van der Waals surface area (Å²) in [5, 5.41) is 6.62. The van der Waals surface area contributed by atoms with Gasteiger partial charge in [0, 0.05) is 19.3 Å². The molecule has 1 fully saturated rings. The maximum absolute atomic E-state index is 12.3. The number of carbonyl (C=O) groups excluding carboxylic acids is 3. The van der Waals surface area contributed by atoms with E-state index in [1.54, 1.807) is 29.9 Å². The van der Waals surface area contributed by atoms with Crippen LogP contribution in [0.4, 0.5) is 4.79 Å². The van der Waals surface area contributed by atoms with Crippen molar-refractivity contribution in [2.75, 3.05) is 18.8 Å². The molecule has 1 N–H and O–H groups in total. The maximum Gasteiger partial charge on any atom is 0.288 e. The molecule has 0 atom stereocenters. The topological polar surface area (TPSA) is 97.2 Å². The highest BCUT2D eigenvalue weighted by atomic mass is 32.2. The van der Waals surface area contributed by atoms with Crippen molar-refractivity contribution in [1.29, 1.82) is 0 Å². The van der Waals surface area contributed by atoms with E-state index in [1.165, 1.54) is 6.20 Å². The Morgan fingerprint density at radius 3 is 2.88 bits per heavy atom. The molecule has 124 valence electrons. The van der Waals surface area contributed by atoms with Crippen LogP contribution in [0.25, 0.3) is 5.82 Å². The predicted octanol–water partition coefficient (Wildman–Crippen LogP) is 1.00. The van der Waals surface area contributed by atoms with E-state index in [2.05, 4.69) is 15.4 Å². The highest BCUT2D eigenvalue weighted by molar-refractivity contribution is 8.14. The Bertz CT molecular complexity index is 774. The molecule has 0 aliphatic carbocycles. The van der Waals surface area contributed by atoms with E-state index in [4.69, 9.17) is 0 Å². The zero-order valence-corrected chi connectivity index (χ0v) is 13.7. The van der Waals surface area contributed by atoms with Crippen molar-refractivity contribution in [2.24, 2.45) is 0 Å². The maximum atomic E-state index is 12.3. The van der Waals surface area contributed by atoms with Gasteiger partial charge < -0.3 is 5.32 Å². The fourth-order valence-electron chi connectivity index (χ4n) is 2.32. The number of hydrogen-bond donors (Lipinski definition) is 1. The van der Waals surface area contributed by atoms with Crippen LogP contribution in [0.3, 0.4) is 0 Å². The van der Waals surface area contributed by atoms with E-state index >= 15 is 0 Å². The van der Waals surface area contributed by atoms with Gasteiger partial charge in [-0.15, -0.1) is 0 Å². The summed E-state index contributed by atoms with van der Waals surface area (Å²) in [6.07, 6.45) is 3.12. The lowest BCUT2D eigenvalue weighted by Crippen LogP contribution is -2.37. The highest BCUT2D eigenvalue weighted by Gasteiger charge is 2.29. The number of amides is 3. The summed E-state index contributed by atoms with van der Waals surface area (Å²) in [5.74, 6) is 0.266. The third kappa shape index (κ3) is 3.16. The first-order valence-corrected chi connectivity index (χ1v) is 8.28. The standard InChI is InChI=1S/C15H15N5O3S/c1-10-11(8-18-20(10)12-4-2-3-5-16-12)14(22)17-6-7-19-13(21)9-24-15(19)23/h2-5,8H,6-7,9H2,1H3,(H,17,22). The lowest BCUT2D eigenvalue weighted by molar-refractivity contribution is -0.124. The molecule has 3 amide bonds. The van der Waals surface area contributed by atoms with Crippen LogP contribution < -0.4 is 5.32 Å². The van der Waals surface area contributed by atoms with E-state index in [0.29, 0.717) is 17.1 Å². The largest absolute Gasteiger partial charge is 0.350 e. The van der Waals surface area contributed by atoms with Gasteiger partial charge in [-0.3, -0.25) is 19.3 Å². The Balaban J connectivity index is 1.63. The molecule has 8 nitrogen and oxygen atoms in total. The van der Waals surface area contributed by atoms with Gasteiger partial charge in [0.05, 0.1) is 23.2 Å². The van der Waals surface area contributed by atoms with Gasteiger partial charge in [0.2, 0.25) is 5.91 Å². The van der Waals surface area contributed by atoms with Gasteiger partial charge in [-0.2, -0.15) is 5.10 Å². The summed E-state index contributed by atoms with van der Waals surface area (Å²) in [5.41, 5.74) is 1.09. The number of carbonyl (C=O) groups is 3. The molecule has 2 aromatic rings. The summed E-state index contributed by atoms with van der Waals surface area (Å²) in [6.45, 7) is 2.15. The van der Waals surface area contributed by atoms with Crippen LogP contribution in [0.1, 0.15) is 16.1 Å². The van der Waals surface area contributed by atoms with Gasteiger partial charge in [0.1, 0.15) is 0 Å². The van der Waals surface area contributed by atoms with Crippen molar-refractivity contribution in [3.8, 4) is 5.82 Å². The molecule has 2 aromatic heterocycles. The minimum atomic E-state index is -0.304. The number of aromatic nitrogens is 3. The lowest BCUT2D eigenvalue weighted by atomic mass is 10.2. The second-order valence-corrected chi connectivity index (χ2v) is 6.03. The number of hydrogen-bond acceptors (Lipinski definition) is 6. The van der Waals surface area contributed by atoms with Crippen LogP contribution in [-0.2, 0) is 4.79 Å². The van der Waals surface area contributed by atoms with E-state index < -0.39 is 0 Å². The fourth-order valence-corrected chi connectivity index (χ4v) is 3.07. The van der Waals surface area contributed by atoms with Crippen molar-refractivity contribution in [2.45, 2.75) is 6.92 Å². The Morgan fingerprint density at radius 2 is 2.21 bits per heavy atom. The van der Waals surface area contributed by atoms with Gasteiger partial charge in [0.15, 0.2) is 5.82 Å². The zero-order chi connectivity index (χ0) is 17.1. The van der Waals surface area contributed by atoms with Crippen molar-refractivity contribution in [3.63, 3.8) is 0 Å². The Labute approximate surface area is 142 Å². The quantitative estimate of drug-likeness (QED) is 0.868. The smallest absolute Gasteiger partial charge is 0.288 e. The number of pyridine rings is 1. The van der Waals surface area contributed by atoms with Gasteiger partial charge in [-0.1, -0.05) is 17.8 Å². The molecule has 0 radical (unpaired) electrons. The monoisotopic (exact) mass is 345 g/mol. The van der Waals surface area contributed by atoms with Gasteiger partial charge >= 0.3 is 0 Å². The van der Waals surface area contributed by atoms with Crippen LogP contribution in [0.2, 0.25) is 0 Å². The number of nitrogens with zero attached hydrogens (tertiary/aromatic N) is 4. The van der Waals surface area contributed by atoms with Crippen LogP contribution in [0.15, 0.2) is 30.6 Å². The first-order chi connectivity index (χ1) is 11.6.